The zero-order valence-electron chi connectivity index (χ0n) is 20.6. The van der Waals surface area contributed by atoms with Crippen LogP contribution in [-0.4, -0.2) is 25.8 Å². The van der Waals surface area contributed by atoms with Gasteiger partial charge in [-0.15, -0.1) is 0 Å². The molecule has 3 aromatic heterocycles. The van der Waals surface area contributed by atoms with E-state index >= 15 is 0 Å². The number of alkyl halides is 3. The highest BCUT2D eigenvalue weighted by molar-refractivity contribution is 6.04. The molecule has 0 bridgehead atoms. The van der Waals surface area contributed by atoms with E-state index in [0.29, 0.717) is 22.5 Å². The smallest absolute Gasteiger partial charge is 0.366 e. The molecule has 0 aliphatic rings. The number of hydrogen-bond acceptors (Lipinski definition) is 6. The number of aromatic nitrogens is 4. The van der Waals surface area contributed by atoms with Crippen LogP contribution in [0.5, 0.6) is 0 Å². The number of primary amides is 1. The molecule has 5 rings (SSSR count). The molecular formula is C29H21F3N6O. The number of nitrogens with two attached hydrogens (primary N) is 1. The lowest BCUT2D eigenvalue weighted by atomic mass is 9.90. The summed E-state index contributed by atoms with van der Waals surface area (Å²) >= 11 is 0. The van der Waals surface area contributed by atoms with Gasteiger partial charge in [0.2, 0.25) is 11.9 Å². The Kier molecular flexibility index (Phi) is 6.76. The van der Waals surface area contributed by atoms with Crippen molar-refractivity contribution in [2.24, 2.45) is 5.73 Å². The summed E-state index contributed by atoms with van der Waals surface area (Å²) in [6.07, 6.45) is 3.21. The molecule has 0 saturated heterocycles. The molecule has 0 aliphatic heterocycles. The van der Waals surface area contributed by atoms with Gasteiger partial charge in [-0.25, -0.2) is 9.97 Å². The van der Waals surface area contributed by atoms with Crippen molar-refractivity contribution < 1.29 is 18.0 Å². The number of nitrogens with zero attached hydrogens (tertiary/aromatic N) is 4. The molecule has 0 atom stereocenters. The molecule has 1 amide bonds. The molecule has 0 radical (unpaired) electrons. The number of carbonyl (C=O) groups is 1. The Hall–Kier alpha value is -5.12. The van der Waals surface area contributed by atoms with Crippen LogP contribution in [0.25, 0.3) is 33.5 Å². The largest absolute Gasteiger partial charge is 0.416 e. The Labute approximate surface area is 221 Å². The summed E-state index contributed by atoms with van der Waals surface area (Å²) in [5, 5.41) is 3.12. The molecule has 194 valence electrons. The lowest BCUT2D eigenvalue weighted by molar-refractivity contribution is -0.137. The van der Waals surface area contributed by atoms with Gasteiger partial charge in [0, 0.05) is 53.2 Å². The zero-order chi connectivity index (χ0) is 27.6. The summed E-state index contributed by atoms with van der Waals surface area (Å²) < 4.78 is 42.1. The lowest BCUT2D eigenvalue weighted by Gasteiger charge is -2.19. The minimum Gasteiger partial charge on any atom is -0.366 e. The topological polar surface area (TPSA) is 107 Å². The van der Waals surface area contributed by atoms with Gasteiger partial charge in [0.1, 0.15) is 0 Å². The molecule has 0 aliphatic carbocycles. The van der Waals surface area contributed by atoms with Gasteiger partial charge in [-0.3, -0.25) is 14.8 Å². The van der Waals surface area contributed by atoms with Crippen molar-refractivity contribution in [1.82, 2.24) is 19.9 Å². The van der Waals surface area contributed by atoms with Crippen molar-refractivity contribution in [2.45, 2.75) is 13.1 Å². The molecule has 3 heterocycles. The van der Waals surface area contributed by atoms with Crippen molar-refractivity contribution >= 4 is 17.5 Å². The molecule has 3 N–H and O–H groups in total. The van der Waals surface area contributed by atoms with E-state index in [0.717, 1.165) is 17.7 Å². The van der Waals surface area contributed by atoms with E-state index in [4.69, 9.17) is 5.73 Å². The molecule has 39 heavy (non-hydrogen) atoms. The third kappa shape index (κ3) is 5.45. The minimum absolute atomic E-state index is 0.0444. The summed E-state index contributed by atoms with van der Waals surface area (Å²) in [7, 11) is 0. The van der Waals surface area contributed by atoms with Crippen molar-refractivity contribution in [3.8, 4) is 33.5 Å². The molecule has 7 nitrogen and oxygen atoms in total. The minimum atomic E-state index is -4.64. The first kappa shape index (κ1) is 25.5. The van der Waals surface area contributed by atoms with E-state index in [1.807, 2.05) is 6.07 Å². The molecule has 5 aromatic rings. The average molecular weight is 527 g/mol. The van der Waals surface area contributed by atoms with E-state index in [9.17, 15) is 18.0 Å². The molecule has 2 aromatic carbocycles. The highest BCUT2D eigenvalue weighted by atomic mass is 19.4. The van der Waals surface area contributed by atoms with Gasteiger partial charge in [-0.2, -0.15) is 13.2 Å². The molecular weight excluding hydrogens is 505 g/mol. The van der Waals surface area contributed by atoms with Crippen molar-refractivity contribution in [2.75, 3.05) is 5.32 Å². The second kappa shape index (κ2) is 10.3. The summed E-state index contributed by atoms with van der Waals surface area (Å²) in [5.74, 6) is -0.611. The average Bonchev–Trinajstić information content (AvgIpc) is 2.94. The number of amides is 1. The number of hydrogen-bond donors (Lipinski definition) is 2. The number of halogens is 3. The third-order valence-corrected chi connectivity index (χ3v) is 6.07. The van der Waals surface area contributed by atoms with E-state index in [2.05, 4.69) is 25.3 Å². The van der Waals surface area contributed by atoms with Gasteiger partial charge in [-0.1, -0.05) is 12.1 Å². The number of carbonyl (C=O) groups excluding carboxylic acids is 1. The van der Waals surface area contributed by atoms with Crippen LogP contribution in [0.15, 0.2) is 91.6 Å². The second-order valence-corrected chi connectivity index (χ2v) is 8.71. The van der Waals surface area contributed by atoms with Crippen LogP contribution < -0.4 is 11.1 Å². The van der Waals surface area contributed by atoms with Gasteiger partial charge >= 0.3 is 6.18 Å². The van der Waals surface area contributed by atoms with Gasteiger partial charge in [0.05, 0.1) is 16.9 Å². The first-order chi connectivity index (χ1) is 18.7. The number of pyridine rings is 2. The predicted molar refractivity (Wildman–Crippen MR) is 142 cm³/mol. The molecule has 10 heteroatoms. The number of benzene rings is 2. The summed E-state index contributed by atoms with van der Waals surface area (Å²) in [4.78, 5) is 29.5. The second-order valence-electron chi connectivity index (χ2n) is 8.71. The summed E-state index contributed by atoms with van der Waals surface area (Å²) in [6.45, 7) is 1.76. The van der Waals surface area contributed by atoms with Crippen LogP contribution in [-0.2, 0) is 6.18 Å². The van der Waals surface area contributed by atoms with E-state index in [-0.39, 0.29) is 28.2 Å². The molecule has 0 unspecified atom stereocenters. The van der Waals surface area contributed by atoms with Gasteiger partial charge in [0.25, 0.3) is 0 Å². The SMILES string of the molecule is Cc1ccc(C(N)=O)c(-c2cc(-c3cccnc3)cc(C(F)(F)F)c2)c1Nc1nccc(-c2cccnc2)n1. The fourth-order valence-corrected chi connectivity index (χ4v) is 4.21. The van der Waals surface area contributed by atoms with Crippen molar-refractivity contribution in [1.29, 1.82) is 0 Å². The van der Waals surface area contributed by atoms with Crippen LogP contribution in [0, 0.1) is 6.92 Å². The van der Waals surface area contributed by atoms with E-state index in [1.165, 1.54) is 18.5 Å². The Balaban J connectivity index is 1.71. The molecule has 0 fully saturated rings. The highest BCUT2D eigenvalue weighted by Gasteiger charge is 2.32. The van der Waals surface area contributed by atoms with E-state index < -0.39 is 17.6 Å². The number of aryl methyl sites for hydroxylation is 1. The van der Waals surface area contributed by atoms with Crippen LogP contribution >= 0.6 is 0 Å². The maximum Gasteiger partial charge on any atom is 0.416 e. The Morgan fingerprint density at radius 2 is 1.54 bits per heavy atom. The van der Waals surface area contributed by atoms with Crippen LogP contribution in [0.4, 0.5) is 24.8 Å². The van der Waals surface area contributed by atoms with Crippen LogP contribution in [0.1, 0.15) is 21.5 Å². The lowest BCUT2D eigenvalue weighted by Crippen LogP contribution is -2.14. The zero-order valence-corrected chi connectivity index (χ0v) is 20.6. The van der Waals surface area contributed by atoms with Gasteiger partial charge < -0.3 is 11.1 Å². The number of anilines is 2. The standard InChI is InChI=1S/C29H21F3N6O/c1-17-6-7-23(27(33)39)25(26(17)38-28-36-11-8-24(37-28)19-5-3-10-35-16-19)21-12-20(18-4-2-9-34-15-18)13-22(14-21)29(30,31)32/h2-16H,1H3,(H2,33,39)(H,36,37,38). The molecule has 0 spiro atoms. The maximum absolute atomic E-state index is 14.0. The van der Waals surface area contributed by atoms with Crippen LogP contribution in [0.2, 0.25) is 0 Å². The third-order valence-electron chi connectivity index (χ3n) is 6.07. The Morgan fingerprint density at radius 3 is 2.18 bits per heavy atom. The van der Waals surface area contributed by atoms with Gasteiger partial charge in [0.15, 0.2) is 0 Å². The Bertz CT molecular complexity index is 1660. The fraction of sp³-hybridized carbons (Fsp3) is 0.0690. The quantitative estimate of drug-likeness (QED) is 0.264. The van der Waals surface area contributed by atoms with Crippen LogP contribution in [0.3, 0.4) is 0 Å². The molecule has 0 saturated carbocycles. The van der Waals surface area contributed by atoms with E-state index in [1.54, 1.807) is 61.9 Å². The predicted octanol–water partition coefficient (Wildman–Crippen LogP) is 6.44. The van der Waals surface area contributed by atoms with Crippen molar-refractivity contribution in [3.05, 3.63) is 108 Å². The first-order valence-corrected chi connectivity index (χ1v) is 11.8. The fourth-order valence-electron chi connectivity index (χ4n) is 4.21. The number of nitrogens with one attached hydrogen (secondary N) is 1. The summed E-state index contributed by atoms with van der Waals surface area (Å²) in [5.41, 5.74) is 8.32. The van der Waals surface area contributed by atoms with Crippen molar-refractivity contribution in [3.63, 3.8) is 0 Å². The number of rotatable bonds is 6. The maximum atomic E-state index is 14.0. The van der Waals surface area contributed by atoms with Gasteiger partial charge in [-0.05, 0) is 72.1 Å². The first-order valence-electron chi connectivity index (χ1n) is 11.8. The highest BCUT2D eigenvalue weighted by Crippen LogP contribution is 2.41. The Morgan fingerprint density at radius 1 is 0.846 bits per heavy atom. The summed E-state index contributed by atoms with van der Waals surface area (Å²) in [6, 6.07) is 15.4. The normalized spacial score (nSPS) is 11.3. The monoisotopic (exact) mass is 526 g/mol.